The Morgan fingerprint density at radius 1 is 1.53 bits per heavy atom. The van der Waals surface area contributed by atoms with E-state index in [2.05, 4.69) is 5.32 Å². The zero-order valence-electron chi connectivity index (χ0n) is 9.57. The fourth-order valence-electron chi connectivity index (χ4n) is 1.37. The molecule has 1 atom stereocenters. The van der Waals surface area contributed by atoms with Crippen LogP contribution in [0.4, 0.5) is 0 Å². The van der Waals surface area contributed by atoms with Crippen LogP contribution in [0.5, 0.6) is 0 Å². The highest BCUT2D eigenvalue weighted by atomic mass is 35.5. The van der Waals surface area contributed by atoms with Crippen molar-refractivity contribution in [2.75, 3.05) is 0 Å². The van der Waals surface area contributed by atoms with Gasteiger partial charge < -0.3 is 10.4 Å². The molecule has 0 spiro atoms. The maximum Gasteiger partial charge on any atom is 0.326 e. The van der Waals surface area contributed by atoms with Gasteiger partial charge in [-0.2, -0.15) is 0 Å². The Kier molecular flexibility index (Phi) is 4.96. The predicted octanol–water partition coefficient (Wildman–Crippen LogP) is 2.63. The molecule has 6 heteroatoms. The number of thiophene rings is 1. The second-order valence-corrected chi connectivity index (χ2v) is 5.41. The van der Waals surface area contributed by atoms with Crippen molar-refractivity contribution in [3.63, 3.8) is 0 Å². The molecule has 2 N–H and O–H groups in total. The summed E-state index contributed by atoms with van der Waals surface area (Å²) in [6, 6.07) is 0.736. The van der Waals surface area contributed by atoms with E-state index in [0.29, 0.717) is 16.3 Å². The van der Waals surface area contributed by atoms with Gasteiger partial charge in [0.05, 0.1) is 5.02 Å². The number of hydrogen-bond acceptors (Lipinski definition) is 3. The molecule has 1 aromatic rings. The van der Waals surface area contributed by atoms with Crippen LogP contribution >= 0.6 is 22.9 Å². The van der Waals surface area contributed by atoms with Crippen LogP contribution in [0, 0.1) is 5.92 Å². The highest BCUT2D eigenvalue weighted by Gasteiger charge is 2.23. The van der Waals surface area contributed by atoms with Crippen LogP contribution in [-0.2, 0) is 4.79 Å². The van der Waals surface area contributed by atoms with Gasteiger partial charge in [-0.05, 0) is 23.8 Å². The van der Waals surface area contributed by atoms with Gasteiger partial charge in [0.25, 0.3) is 5.91 Å². The second kappa shape index (κ2) is 6.02. The Morgan fingerprint density at radius 3 is 2.59 bits per heavy atom. The summed E-state index contributed by atoms with van der Waals surface area (Å²) >= 11 is 7.00. The summed E-state index contributed by atoms with van der Waals surface area (Å²) < 4.78 is 0. The first-order chi connectivity index (χ1) is 7.91. The Balaban J connectivity index is 2.71. The Morgan fingerprint density at radius 2 is 2.18 bits per heavy atom. The SMILES string of the molecule is CC(C)C[C@H](NC(=O)c1sccc1Cl)C(=O)O. The third-order valence-electron chi connectivity index (χ3n) is 2.13. The molecule has 0 aliphatic carbocycles. The molecule has 0 bridgehead atoms. The third kappa shape index (κ3) is 4.02. The molecule has 17 heavy (non-hydrogen) atoms. The molecule has 0 aliphatic rings. The monoisotopic (exact) mass is 275 g/mol. The number of amides is 1. The number of carbonyl (C=O) groups excluding carboxylic acids is 1. The lowest BCUT2D eigenvalue weighted by Gasteiger charge is -2.15. The lowest BCUT2D eigenvalue weighted by atomic mass is 10.0. The van der Waals surface area contributed by atoms with Gasteiger partial charge in [0.1, 0.15) is 10.9 Å². The van der Waals surface area contributed by atoms with Crippen LogP contribution in [0.1, 0.15) is 29.9 Å². The highest BCUT2D eigenvalue weighted by Crippen LogP contribution is 2.22. The normalized spacial score (nSPS) is 12.5. The summed E-state index contributed by atoms with van der Waals surface area (Å²) in [6.07, 6.45) is 0.393. The standard InChI is InChI=1S/C11H14ClNO3S/c1-6(2)5-8(11(15)16)13-10(14)9-7(12)3-4-17-9/h3-4,6,8H,5H2,1-2H3,(H,13,14)(H,15,16)/t8-/m0/s1. The average molecular weight is 276 g/mol. The lowest BCUT2D eigenvalue weighted by Crippen LogP contribution is -2.41. The van der Waals surface area contributed by atoms with Crippen molar-refractivity contribution in [2.45, 2.75) is 26.3 Å². The molecule has 0 saturated carbocycles. The van der Waals surface area contributed by atoms with Crippen LogP contribution in [0.15, 0.2) is 11.4 Å². The second-order valence-electron chi connectivity index (χ2n) is 4.09. The van der Waals surface area contributed by atoms with E-state index in [1.807, 2.05) is 13.8 Å². The van der Waals surface area contributed by atoms with Crippen molar-refractivity contribution >= 4 is 34.8 Å². The molecule has 0 unspecified atom stereocenters. The Bertz CT molecular complexity index is 417. The minimum Gasteiger partial charge on any atom is -0.480 e. The molecule has 0 saturated heterocycles. The first kappa shape index (κ1) is 14.0. The van der Waals surface area contributed by atoms with Gasteiger partial charge in [0, 0.05) is 0 Å². The van der Waals surface area contributed by atoms with Crippen LogP contribution in [0.25, 0.3) is 0 Å². The van der Waals surface area contributed by atoms with E-state index in [0.717, 1.165) is 0 Å². The van der Waals surface area contributed by atoms with E-state index in [1.165, 1.54) is 11.3 Å². The fourth-order valence-corrected chi connectivity index (χ4v) is 2.42. The van der Waals surface area contributed by atoms with E-state index in [1.54, 1.807) is 11.4 Å². The number of nitrogens with one attached hydrogen (secondary N) is 1. The van der Waals surface area contributed by atoms with Gasteiger partial charge in [-0.3, -0.25) is 4.79 Å². The topological polar surface area (TPSA) is 66.4 Å². The number of rotatable bonds is 5. The van der Waals surface area contributed by atoms with Gasteiger partial charge >= 0.3 is 5.97 Å². The fraction of sp³-hybridized carbons (Fsp3) is 0.455. The van der Waals surface area contributed by atoms with Crippen molar-refractivity contribution in [1.29, 1.82) is 0 Å². The largest absolute Gasteiger partial charge is 0.480 e. The number of carboxylic acids is 1. The molecule has 1 rings (SSSR count). The summed E-state index contributed by atoms with van der Waals surface area (Å²) in [5.74, 6) is -1.27. The summed E-state index contributed by atoms with van der Waals surface area (Å²) in [4.78, 5) is 23.1. The van der Waals surface area contributed by atoms with Crippen LogP contribution in [0.3, 0.4) is 0 Å². The Hall–Kier alpha value is -1.07. The molecular weight excluding hydrogens is 262 g/mol. The number of halogens is 1. The zero-order valence-corrected chi connectivity index (χ0v) is 11.1. The summed E-state index contributed by atoms with van der Waals surface area (Å²) in [6.45, 7) is 3.81. The van der Waals surface area contributed by atoms with Crippen molar-refractivity contribution in [2.24, 2.45) is 5.92 Å². The quantitative estimate of drug-likeness (QED) is 0.868. The van der Waals surface area contributed by atoms with Crippen molar-refractivity contribution < 1.29 is 14.7 Å². The van der Waals surface area contributed by atoms with Crippen LogP contribution in [-0.4, -0.2) is 23.0 Å². The molecule has 0 radical (unpaired) electrons. The first-order valence-corrected chi connectivity index (χ1v) is 6.44. The van der Waals surface area contributed by atoms with Crippen LogP contribution in [0.2, 0.25) is 5.02 Å². The Labute approximate surface area is 109 Å². The first-order valence-electron chi connectivity index (χ1n) is 5.18. The van der Waals surface area contributed by atoms with E-state index in [9.17, 15) is 9.59 Å². The van der Waals surface area contributed by atoms with Gasteiger partial charge in [-0.1, -0.05) is 25.4 Å². The van der Waals surface area contributed by atoms with Crippen molar-refractivity contribution in [3.8, 4) is 0 Å². The zero-order chi connectivity index (χ0) is 13.0. The third-order valence-corrected chi connectivity index (χ3v) is 3.47. The maximum atomic E-state index is 11.8. The molecule has 94 valence electrons. The minimum atomic E-state index is -1.03. The maximum absolute atomic E-state index is 11.8. The van der Waals surface area contributed by atoms with Crippen LogP contribution < -0.4 is 5.32 Å². The molecule has 4 nitrogen and oxygen atoms in total. The lowest BCUT2D eigenvalue weighted by molar-refractivity contribution is -0.139. The summed E-state index contributed by atoms with van der Waals surface area (Å²) in [7, 11) is 0. The van der Waals surface area contributed by atoms with Crippen molar-refractivity contribution in [1.82, 2.24) is 5.32 Å². The van der Waals surface area contributed by atoms with Gasteiger partial charge in [0.15, 0.2) is 0 Å². The number of carbonyl (C=O) groups is 2. The van der Waals surface area contributed by atoms with Gasteiger partial charge in [-0.25, -0.2) is 4.79 Å². The number of carboxylic acid groups (broad SMARTS) is 1. The van der Waals surface area contributed by atoms with E-state index >= 15 is 0 Å². The highest BCUT2D eigenvalue weighted by molar-refractivity contribution is 7.12. The average Bonchev–Trinajstić information content (AvgIpc) is 2.62. The molecule has 1 heterocycles. The predicted molar refractivity (Wildman–Crippen MR) is 67.7 cm³/mol. The van der Waals surface area contributed by atoms with Gasteiger partial charge in [0.2, 0.25) is 0 Å². The van der Waals surface area contributed by atoms with Gasteiger partial charge in [-0.15, -0.1) is 11.3 Å². The molecule has 1 aromatic heterocycles. The summed E-state index contributed by atoms with van der Waals surface area (Å²) in [5.41, 5.74) is 0. The van der Waals surface area contributed by atoms with E-state index in [4.69, 9.17) is 16.7 Å². The number of aliphatic carboxylic acids is 1. The van der Waals surface area contributed by atoms with E-state index in [-0.39, 0.29) is 5.92 Å². The smallest absolute Gasteiger partial charge is 0.326 e. The molecule has 1 amide bonds. The number of hydrogen-bond donors (Lipinski definition) is 2. The molecule has 0 fully saturated rings. The van der Waals surface area contributed by atoms with E-state index < -0.39 is 17.9 Å². The summed E-state index contributed by atoms with van der Waals surface area (Å²) in [5, 5.41) is 13.5. The molecule has 0 aliphatic heterocycles. The van der Waals surface area contributed by atoms with Crippen molar-refractivity contribution in [3.05, 3.63) is 21.3 Å². The minimum absolute atomic E-state index is 0.190. The molecule has 0 aromatic carbocycles. The molecular formula is C11H14ClNO3S.